The van der Waals surface area contributed by atoms with Crippen LogP contribution in [0.5, 0.6) is 5.75 Å². The first-order valence-corrected chi connectivity index (χ1v) is 9.96. The van der Waals surface area contributed by atoms with Gasteiger partial charge in [-0.2, -0.15) is 5.10 Å². The molecule has 0 N–H and O–H groups in total. The first-order valence-electron chi connectivity index (χ1n) is 9.96. The minimum atomic E-state index is 0.554. The predicted molar refractivity (Wildman–Crippen MR) is 119 cm³/mol. The molecule has 0 atom stereocenters. The molecule has 2 aromatic heterocycles. The van der Waals surface area contributed by atoms with Crippen molar-refractivity contribution in [3.05, 3.63) is 108 Å². The first-order chi connectivity index (χ1) is 14.8. The van der Waals surface area contributed by atoms with Crippen LogP contribution >= 0.6 is 0 Å². The molecule has 0 spiro atoms. The van der Waals surface area contributed by atoms with Crippen LogP contribution in [0.4, 0.5) is 0 Å². The van der Waals surface area contributed by atoms with E-state index in [1.807, 2.05) is 72.2 Å². The standard InChI is InChI=1S/C26H21N3O/c1-19-25(22-10-6-3-7-11-22)26-27-17-16-24(29(26)28-19)21-12-14-23(15-13-21)30-18-20-8-4-2-5-9-20/h2-17H,18H2,1H3. The molecular formula is C26H21N3O. The second kappa shape index (κ2) is 7.84. The van der Waals surface area contributed by atoms with Crippen LogP contribution in [0.3, 0.4) is 0 Å². The van der Waals surface area contributed by atoms with Gasteiger partial charge in [0.2, 0.25) is 0 Å². The van der Waals surface area contributed by atoms with Gasteiger partial charge in [-0.25, -0.2) is 9.50 Å². The summed E-state index contributed by atoms with van der Waals surface area (Å²) >= 11 is 0. The summed E-state index contributed by atoms with van der Waals surface area (Å²) in [6.07, 6.45) is 1.85. The summed E-state index contributed by atoms with van der Waals surface area (Å²) in [6.45, 7) is 2.58. The zero-order valence-corrected chi connectivity index (χ0v) is 16.7. The van der Waals surface area contributed by atoms with E-state index >= 15 is 0 Å². The molecule has 0 amide bonds. The molecule has 0 radical (unpaired) electrons. The van der Waals surface area contributed by atoms with Crippen LogP contribution in [-0.4, -0.2) is 14.6 Å². The molecule has 30 heavy (non-hydrogen) atoms. The Bertz CT molecular complexity index is 1280. The van der Waals surface area contributed by atoms with E-state index in [1.54, 1.807) is 0 Å². The maximum Gasteiger partial charge on any atom is 0.163 e. The lowest BCUT2D eigenvalue weighted by Gasteiger charge is -2.09. The van der Waals surface area contributed by atoms with Crippen molar-refractivity contribution in [1.82, 2.24) is 14.6 Å². The van der Waals surface area contributed by atoms with Crippen molar-refractivity contribution in [3.63, 3.8) is 0 Å². The lowest BCUT2D eigenvalue weighted by Crippen LogP contribution is -1.97. The van der Waals surface area contributed by atoms with Crippen LogP contribution in [-0.2, 0) is 6.61 Å². The maximum atomic E-state index is 5.92. The van der Waals surface area contributed by atoms with Crippen molar-refractivity contribution in [1.29, 1.82) is 0 Å². The predicted octanol–water partition coefficient (Wildman–Crippen LogP) is 5.95. The molecule has 0 aliphatic carbocycles. The van der Waals surface area contributed by atoms with Gasteiger partial charge in [-0.15, -0.1) is 0 Å². The van der Waals surface area contributed by atoms with Gasteiger partial charge in [0.25, 0.3) is 0 Å². The molecule has 0 fully saturated rings. The van der Waals surface area contributed by atoms with Crippen molar-refractivity contribution in [2.24, 2.45) is 0 Å². The van der Waals surface area contributed by atoms with Crippen LogP contribution in [0.2, 0.25) is 0 Å². The number of benzene rings is 3. The molecule has 4 heteroatoms. The Morgan fingerprint density at radius 1 is 0.767 bits per heavy atom. The average molecular weight is 391 g/mol. The molecule has 0 saturated carbocycles. The van der Waals surface area contributed by atoms with Gasteiger partial charge >= 0.3 is 0 Å². The number of hydrogen-bond donors (Lipinski definition) is 0. The van der Waals surface area contributed by atoms with Gasteiger partial charge < -0.3 is 4.74 Å². The molecular weight excluding hydrogens is 370 g/mol. The third-order valence-electron chi connectivity index (χ3n) is 5.15. The van der Waals surface area contributed by atoms with Crippen molar-refractivity contribution in [2.75, 3.05) is 0 Å². The molecule has 2 heterocycles. The number of fused-ring (bicyclic) bond motifs is 1. The summed E-state index contributed by atoms with van der Waals surface area (Å²) in [5.74, 6) is 0.842. The third kappa shape index (κ3) is 3.44. The van der Waals surface area contributed by atoms with Crippen molar-refractivity contribution < 1.29 is 4.74 Å². The molecule has 0 saturated heterocycles. The second-order valence-corrected chi connectivity index (χ2v) is 7.19. The number of aryl methyl sites for hydroxylation is 1. The highest BCUT2D eigenvalue weighted by atomic mass is 16.5. The number of rotatable bonds is 5. The normalized spacial score (nSPS) is 11.0. The Morgan fingerprint density at radius 3 is 2.20 bits per heavy atom. The van der Waals surface area contributed by atoms with Crippen molar-refractivity contribution in [2.45, 2.75) is 13.5 Å². The van der Waals surface area contributed by atoms with Gasteiger partial charge in [0.15, 0.2) is 5.65 Å². The SMILES string of the molecule is Cc1nn2c(-c3ccc(OCc4ccccc4)cc3)ccnc2c1-c1ccccc1. The van der Waals surface area contributed by atoms with Crippen LogP contribution < -0.4 is 4.74 Å². The van der Waals surface area contributed by atoms with Crippen LogP contribution in [0.25, 0.3) is 28.0 Å². The molecule has 0 bridgehead atoms. The molecule has 4 nitrogen and oxygen atoms in total. The second-order valence-electron chi connectivity index (χ2n) is 7.19. The molecule has 5 rings (SSSR count). The van der Waals surface area contributed by atoms with E-state index in [0.29, 0.717) is 6.61 Å². The highest BCUT2D eigenvalue weighted by Gasteiger charge is 2.15. The molecule has 0 aliphatic rings. The molecule has 146 valence electrons. The fraction of sp³-hybridized carbons (Fsp3) is 0.0769. The number of nitrogens with zero attached hydrogens (tertiary/aromatic N) is 3. The van der Waals surface area contributed by atoms with E-state index in [2.05, 4.69) is 41.4 Å². The minimum Gasteiger partial charge on any atom is -0.489 e. The monoisotopic (exact) mass is 391 g/mol. The Morgan fingerprint density at radius 2 is 1.47 bits per heavy atom. The van der Waals surface area contributed by atoms with E-state index in [0.717, 1.165) is 45.0 Å². The van der Waals surface area contributed by atoms with Gasteiger partial charge in [0.1, 0.15) is 12.4 Å². The number of ether oxygens (including phenoxy) is 1. The lowest BCUT2D eigenvalue weighted by molar-refractivity contribution is 0.306. The summed E-state index contributed by atoms with van der Waals surface area (Å²) in [7, 11) is 0. The van der Waals surface area contributed by atoms with E-state index in [4.69, 9.17) is 9.84 Å². The van der Waals surface area contributed by atoms with Gasteiger partial charge in [-0.1, -0.05) is 60.7 Å². The van der Waals surface area contributed by atoms with Gasteiger partial charge in [-0.3, -0.25) is 0 Å². The number of aromatic nitrogens is 3. The minimum absolute atomic E-state index is 0.554. The topological polar surface area (TPSA) is 39.4 Å². The Labute approximate surface area is 175 Å². The van der Waals surface area contributed by atoms with Crippen LogP contribution in [0, 0.1) is 6.92 Å². The smallest absolute Gasteiger partial charge is 0.163 e. The van der Waals surface area contributed by atoms with Crippen LogP contribution in [0.1, 0.15) is 11.3 Å². The zero-order chi connectivity index (χ0) is 20.3. The maximum absolute atomic E-state index is 5.92. The first kappa shape index (κ1) is 18.1. The Hall–Kier alpha value is -3.92. The molecule has 3 aromatic carbocycles. The van der Waals surface area contributed by atoms with E-state index < -0.39 is 0 Å². The van der Waals surface area contributed by atoms with Gasteiger partial charge in [0, 0.05) is 17.3 Å². The van der Waals surface area contributed by atoms with Crippen LogP contribution in [0.15, 0.2) is 97.2 Å². The van der Waals surface area contributed by atoms with Crippen molar-refractivity contribution in [3.8, 4) is 28.1 Å². The quantitative estimate of drug-likeness (QED) is 0.372. The Balaban J connectivity index is 1.46. The van der Waals surface area contributed by atoms with Gasteiger partial charge in [0.05, 0.1) is 11.4 Å². The summed E-state index contributed by atoms with van der Waals surface area (Å²) in [5, 5.41) is 4.79. The summed E-state index contributed by atoms with van der Waals surface area (Å²) < 4.78 is 7.84. The highest BCUT2D eigenvalue weighted by molar-refractivity contribution is 5.81. The average Bonchev–Trinajstić information content (AvgIpc) is 3.15. The highest BCUT2D eigenvalue weighted by Crippen LogP contribution is 2.30. The third-order valence-corrected chi connectivity index (χ3v) is 5.15. The molecule has 0 aliphatic heterocycles. The van der Waals surface area contributed by atoms with E-state index in [-0.39, 0.29) is 0 Å². The number of hydrogen-bond acceptors (Lipinski definition) is 3. The molecule has 5 aromatic rings. The van der Waals surface area contributed by atoms with E-state index in [9.17, 15) is 0 Å². The van der Waals surface area contributed by atoms with Gasteiger partial charge in [-0.05, 0) is 48.4 Å². The fourth-order valence-electron chi connectivity index (χ4n) is 3.68. The summed E-state index contributed by atoms with van der Waals surface area (Å²) in [4.78, 5) is 4.62. The Kier molecular flexibility index (Phi) is 4.74. The van der Waals surface area contributed by atoms with Crippen molar-refractivity contribution >= 4 is 5.65 Å². The lowest BCUT2D eigenvalue weighted by atomic mass is 10.1. The zero-order valence-electron chi connectivity index (χ0n) is 16.7. The molecule has 0 unspecified atom stereocenters. The summed E-state index contributed by atoms with van der Waals surface area (Å²) in [6, 6.07) is 30.6. The largest absolute Gasteiger partial charge is 0.489 e. The van der Waals surface area contributed by atoms with E-state index in [1.165, 1.54) is 0 Å². The fourth-order valence-corrected chi connectivity index (χ4v) is 3.68. The summed E-state index contributed by atoms with van der Waals surface area (Å²) in [5.41, 5.74) is 7.23.